The van der Waals surface area contributed by atoms with E-state index in [9.17, 15) is 0 Å². The molecule has 106 valence electrons. The first-order valence-corrected chi connectivity index (χ1v) is 7.49. The lowest BCUT2D eigenvalue weighted by molar-refractivity contribution is 1.22. The number of halogens is 3. The molecular formula is C16H11Cl3N2. The molecular weight excluding hydrogens is 327 g/mol. The van der Waals surface area contributed by atoms with E-state index in [0.717, 1.165) is 5.56 Å². The molecule has 3 aromatic rings. The summed E-state index contributed by atoms with van der Waals surface area (Å²) in [6.07, 6.45) is 0. The zero-order chi connectivity index (χ0) is 15.1. The van der Waals surface area contributed by atoms with Crippen LogP contribution < -0.4 is 0 Å². The monoisotopic (exact) mass is 336 g/mol. The second kappa shape index (κ2) is 5.45. The number of aromatic nitrogens is 2. The van der Waals surface area contributed by atoms with Gasteiger partial charge in [-0.1, -0.05) is 46.9 Å². The van der Waals surface area contributed by atoms with Crippen LogP contribution in [-0.2, 0) is 0 Å². The summed E-state index contributed by atoms with van der Waals surface area (Å²) >= 11 is 18.5. The maximum absolute atomic E-state index is 6.26. The Morgan fingerprint density at radius 3 is 2.33 bits per heavy atom. The first-order valence-electron chi connectivity index (χ1n) is 6.35. The van der Waals surface area contributed by atoms with Crippen molar-refractivity contribution in [1.82, 2.24) is 9.97 Å². The predicted molar refractivity (Wildman–Crippen MR) is 89.5 cm³/mol. The van der Waals surface area contributed by atoms with Crippen LogP contribution in [0.1, 0.15) is 11.1 Å². The highest BCUT2D eigenvalue weighted by Crippen LogP contribution is 2.32. The van der Waals surface area contributed by atoms with Crippen molar-refractivity contribution < 1.29 is 0 Å². The Bertz CT molecular complexity index is 860. The molecule has 1 heterocycles. The van der Waals surface area contributed by atoms with Crippen LogP contribution >= 0.6 is 34.8 Å². The lowest BCUT2D eigenvalue weighted by atomic mass is 10.1. The van der Waals surface area contributed by atoms with Gasteiger partial charge in [-0.25, -0.2) is 9.97 Å². The van der Waals surface area contributed by atoms with Gasteiger partial charge in [0, 0.05) is 16.0 Å². The van der Waals surface area contributed by atoms with E-state index in [1.807, 2.05) is 25.1 Å². The van der Waals surface area contributed by atoms with Crippen molar-refractivity contribution in [2.24, 2.45) is 0 Å². The van der Waals surface area contributed by atoms with E-state index in [1.165, 1.54) is 11.1 Å². The predicted octanol–water partition coefficient (Wildman–Crippen LogP) is 5.87. The van der Waals surface area contributed by atoms with Crippen molar-refractivity contribution in [2.75, 3.05) is 0 Å². The molecule has 0 spiro atoms. The standard InChI is InChI=1S/C16H11Cl3N2/c1-8-3-4-10(5-9(8)2)16-20-14-12(15(19)21-16)6-11(17)7-13(14)18/h3-7H,1-2H3. The van der Waals surface area contributed by atoms with E-state index < -0.39 is 0 Å². The fourth-order valence-corrected chi connectivity index (χ4v) is 2.89. The zero-order valence-corrected chi connectivity index (χ0v) is 13.7. The van der Waals surface area contributed by atoms with Gasteiger partial charge in [-0.2, -0.15) is 0 Å². The molecule has 0 aliphatic heterocycles. The third-order valence-corrected chi connectivity index (χ3v) is 4.23. The van der Waals surface area contributed by atoms with Gasteiger partial charge >= 0.3 is 0 Å². The minimum Gasteiger partial charge on any atom is -0.226 e. The average molecular weight is 338 g/mol. The molecule has 3 rings (SSSR count). The number of fused-ring (bicyclic) bond motifs is 1. The van der Waals surface area contributed by atoms with Gasteiger partial charge in [0.2, 0.25) is 0 Å². The molecule has 0 unspecified atom stereocenters. The molecule has 21 heavy (non-hydrogen) atoms. The van der Waals surface area contributed by atoms with E-state index >= 15 is 0 Å². The topological polar surface area (TPSA) is 25.8 Å². The fourth-order valence-electron chi connectivity index (χ4n) is 2.13. The SMILES string of the molecule is Cc1ccc(-c2nc(Cl)c3cc(Cl)cc(Cl)c3n2)cc1C. The molecule has 1 aromatic heterocycles. The van der Waals surface area contributed by atoms with Crippen molar-refractivity contribution in [1.29, 1.82) is 0 Å². The maximum atomic E-state index is 6.26. The largest absolute Gasteiger partial charge is 0.226 e. The third kappa shape index (κ3) is 2.71. The van der Waals surface area contributed by atoms with Crippen LogP contribution in [0.15, 0.2) is 30.3 Å². The molecule has 0 atom stereocenters. The highest BCUT2D eigenvalue weighted by atomic mass is 35.5. The summed E-state index contributed by atoms with van der Waals surface area (Å²) in [4.78, 5) is 8.89. The Kier molecular flexibility index (Phi) is 3.78. The number of hydrogen-bond acceptors (Lipinski definition) is 2. The van der Waals surface area contributed by atoms with Crippen LogP contribution in [0.2, 0.25) is 15.2 Å². The minimum atomic E-state index is 0.345. The van der Waals surface area contributed by atoms with Crippen molar-refractivity contribution in [3.63, 3.8) is 0 Å². The molecule has 0 bridgehead atoms. The zero-order valence-electron chi connectivity index (χ0n) is 11.4. The second-order valence-electron chi connectivity index (χ2n) is 4.92. The normalized spacial score (nSPS) is 11.1. The van der Waals surface area contributed by atoms with Crippen molar-refractivity contribution in [2.45, 2.75) is 13.8 Å². The van der Waals surface area contributed by atoms with Crippen LogP contribution in [0, 0.1) is 13.8 Å². The Labute approximate surface area is 137 Å². The van der Waals surface area contributed by atoms with Gasteiger partial charge in [0.1, 0.15) is 5.15 Å². The number of rotatable bonds is 1. The van der Waals surface area contributed by atoms with E-state index in [2.05, 4.69) is 16.9 Å². The Morgan fingerprint density at radius 2 is 1.62 bits per heavy atom. The highest BCUT2D eigenvalue weighted by Gasteiger charge is 2.12. The molecule has 0 saturated heterocycles. The lowest BCUT2D eigenvalue weighted by Gasteiger charge is -2.08. The summed E-state index contributed by atoms with van der Waals surface area (Å²) < 4.78 is 0. The lowest BCUT2D eigenvalue weighted by Crippen LogP contribution is -1.94. The molecule has 2 nitrogen and oxygen atoms in total. The highest BCUT2D eigenvalue weighted by molar-refractivity contribution is 6.41. The Hall–Kier alpha value is -1.35. The number of aryl methyl sites for hydroxylation is 2. The van der Waals surface area contributed by atoms with E-state index in [1.54, 1.807) is 12.1 Å². The van der Waals surface area contributed by atoms with Crippen LogP contribution in [0.25, 0.3) is 22.3 Å². The van der Waals surface area contributed by atoms with Crippen LogP contribution in [0.5, 0.6) is 0 Å². The smallest absolute Gasteiger partial charge is 0.161 e. The third-order valence-electron chi connectivity index (χ3n) is 3.44. The molecule has 0 saturated carbocycles. The van der Waals surface area contributed by atoms with Crippen LogP contribution in [0.4, 0.5) is 0 Å². The van der Waals surface area contributed by atoms with Gasteiger partial charge in [-0.15, -0.1) is 0 Å². The van der Waals surface area contributed by atoms with Gasteiger partial charge in [0.25, 0.3) is 0 Å². The molecule has 0 amide bonds. The van der Waals surface area contributed by atoms with E-state index in [0.29, 0.717) is 31.9 Å². The second-order valence-corrected chi connectivity index (χ2v) is 6.12. The van der Waals surface area contributed by atoms with Gasteiger partial charge in [-0.05, 0) is 43.2 Å². The van der Waals surface area contributed by atoms with Crippen molar-refractivity contribution in [3.05, 3.63) is 56.7 Å². The van der Waals surface area contributed by atoms with Gasteiger partial charge < -0.3 is 0 Å². The minimum absolute atomic E-state index is 0.345. The Morgan fingerprint density at radius 1 is 0.857 bits per heavy atom. The summed E-state index contributed by atoms with van der Waals surface area (Å²) in [5.74, 6) is 0.555. The van der Waals surface area contributed by atoms with Crippen LogP contribution in [0.3, 0.4) is 0 Å². The molecule has 5 heteroatoms. The van der Waals surface area contributed by atoms with Gasteiger partial charge in [-0.3, -0.25) is 0 Å². The molecule has 0 aliphatic rings. The number of benzene rings is 2. The Balaban J connectivity index is 2.27. The number of nitrogens with zero attached hydrogens (tertiary/aromatic N) is 2. The molecule has 0 radical (unpaired) electrons. The quantitative estimate of drug-likeness (QED) is 0.519. The van der Waals surface area contributed by atoms with Gasteiger partial charge in [0.15, 0.2) is 5.82 Å². The summed E-state index contributed by atoms with van der Waals surface area (Å²) in [5.41, 5.74) is 3.91. The summed E-state index contributed by atoms with van der Waals surface area (Å²) in [6, 6.07) is 9.42. The first-order chi connectivity index (χ1) is 9.95. The maximum Gasteiger partial charge on any atom is 0.161 e. The van der Waals surface area contributed by atoms with E-state index in [-0.39, 0.29) is 0 Å². The molecule has 2 aromatic carbocycles. The summed E-state index contributed by atoms with van der Waals surface area (Å²) in [5, 5.41) is 1.98. The summed E-state index contributed by atoms with van der Waals surface area (Å²) in [6.45, 7) is 4.11. The summed E-state index contributed by atoms with van der Waals surface area (Å²) in [7, 11) is 0. The van der Waals surface area contributed by atoms with E-state index in [4.69, 9.17) is 34.8 Å². The fraction of sp³-hybridized carbons (Fsp3) is 0.125. The molecule has 0 N–H and O–H groups in total. The molecule has 0 aliphatic carbocycles. The van der Waals surface area contributed by atoms with Crippen molar-refractivity contribution >= 4 is 45.7 Å². The van der Waals surface area contributed by atoms with Crippen molar-refractivity contribution in [3.8, 4) is 11.4 Å². The first kappa shape index (κ1) is 14.6. The van der Waals surface area contributed by atoms with Crippen LogP contribution in [-0.4, -0.2) is 9.97 Å². The van der Waals surface area contributed by atoms with Gasteiger partial charge in [0.05, 0.1) is 10.5 Å². The number of hydrogen-bond donors (Lipinski definition) is 0. The molecule has 0 fully saturated rings. The average Bonchev–Trinajstić information content (AvgIpc) is 2.43.